The molecule has 9 aromatic rings. The Labute approximate surface area is 253 Å². The largest absolute Gasteiger partial charge is 0.244 e. The first-order chi connectivity index (χ1) is 21.8. The summed E-state index contributed by atoms with van der Waals surface area (Å²) in [5.41, 5.74) is 5.80. The van der Waals surface area contributed by atoms with E-state index in [1.165, 1.54) is 21.5 Å². The Hall–Kier alpha value is -6.00. The SMILES string of the molecule is c1ccc2c(-c3cc(-c4c5ccccc5cc5ccccc45)nc(-c4ccc5ncncc5c4)n3)c3ccccc3cc2c1. The molecule has 0 bridgehead atoms. The molecule has 2 heterocycles. The summed E-state index contributed by atoms with van der Waals surface area (Å²) in [5.74, 6) is 0.664. The maximum Gasteiger partial charge on any atom is 0.160 e. The van der Waals surface area contributed by atoms with Gasteiger partial charge in [0.05, 0.1) is 16.9 Å². The lowest BCUT2D eigenvalue weighted by Crippen LogP contribution is -1.98. The van der Waals surface area contributed by atoms with Crippen molar-refractivity contribution in [3.8, 4) is 33.9 Å². The summed E-state index contributed by atoms with van der Waals surface area (Å²) in [5, 5.41) is 10.3. The van der Waals surface area contributed by atoms with Crippen LogP contribution in [0, 0.1) is 0 Å². The number of nitrogens with zero attached hydrogens (tertiary/aromatic N) is 4. The number of fused-ring (bicyclic) bond motifs is 5. The third kappa shape index (κ3) is 3.92. The molecule has 7 aromatic carbocycles. The van der Waals surface area contributed by atoms with E-state index < -0.39 is 0 Å². The average molecular weight is 561 g/mol. The van der Waals surface area contributed by atoms with E-state index in [2.05, 4.69) is 137 Å². The summed E-state index contributed by atoms with van der Waals surface area (Å²) >= 11 is 0. The smallest absolute Gasteiger partial charge is 0.160 e. The summed E-state index contributed by atoms with van der Waals surface area (Å²) in [7, 11) is 0. The summed E-state index contributed by atoms with van der Waals surface area (Å²) < 4.78 is 0. The molecule has 4 nitrogen and oxygen atoms in total. The van der Waals surface area contributed by atoms with Crippen LogP contribution in [0.2, 0.25) is 0 Å². The molecule has 0 atom stereocenters. The molecule has 0 saturated carbocycles. The molecule has 0 aliphatic carbocycles. The summed E-state index contributed by atoms with van der Waals surface area (Å²) in [6.45, 7) is 0. The summed E-state index contributed by atoms with van der Waals surface area (Å²) in [6, 6.07) is 47.1. The van der Waals surface area contributed by atoms with Crippen molar-refractivity contribution in [2.45, 2.75) is 0 Å². The highest BCUT2D eigenvalue weighted by molar-refractivity contribution is 6.14. The van der Waals surface area contributed by atoms with Gasteiger partial charge in [-0.2, -0.15) is 0 Å². The van der Waals surface area contributed by atoms with E-state index >= 15 is 0 Å². The fourth-order valence-corrected chi connectivity index (χ4v) is 6.54. The molecule has 0 amide bonds. The molecule has 2 aromatic heterocycles. The second-order valence-corrected chi connectivity index (χ2v) is 11.1. The van der Waals surface area contributed by atoms with Crippen LogP contribution in [0.25, 0.3) is 87.9 Å². The fraction of sp³-hybridized carbons (Fsp3) is 0. The van der Waals surface area contributed by atoms with Gasteiger partial charge in [0.15, 0.2) is 5.82 Å². The Morgan fingerprint density at radius 1 is 0.409 bits per heavy atom. The highest BCUT2D eigenvalue weighted by Gasteiger charge is 2.18. The van der Waals surface area contributed by atoms with Crippen LogP contribution in [0.3, 0.4) is 0 Å². The number of hydrogen-bond acceptors (Lipinski definition) is 4. The quantitative estimate of drug-likeness (QED) is 0.202. The standard InChI is InChI=1S/C40H24N4/c1-5-13-31-25(9-1)19-26-10-2-6-14-32(26)38(31)36-22-37(44-40(43-36)29-17-18-35-30(21-29)23-41-24-42-35)39-33-15-7-3-11-27(33)20-28-12-4-8-16-34(28)39/h1-24H. The van der Waals surface area contributed by atoms with Crippen molar-refractivity contribution in [1.29, 1.82) is 0 Å². The van der Waals surface area contributed by atoms with E-state index in [1.54, 1.807) is 6.33 Å². The zero-order valence-electron chi connectivity index (χ0n) is 23.6. The number of aromatic nitrogens is 4. The molecule has 0 unspecified atom stereocenters. The molecular weight excluding hydrogens is 536 g/mol. The van der Waals surface area contributed by atoms with E-state index in [1.807, 2.05) is 12.3 Å². The average Bonchev–Trinajstić information content (AvgIpc) is 3.09. The third-order valence-electron chi connectivity index (χ3n) is 8.54. The van der Waals surface area contributed by atoms with E-state index in [4.69, 9.17) is 9.97 Å². The minimum Gasteiger partial charge on any atom is -0.244 e. The van der Waals surface area contributed by atoms with Gasteiger partial charge in [0.2, 0.25) is 0 Å². The molecule has 0 spiro atoms. The van der Waals surface area contributed by atoms with Crippen LogP contribution >= 0.6 is 0 Å². The second kappa shape index (κ2) is 9.79. The van der Waals surface area contributed by atoms with Crippen molar-refractivity contribution in [3.05, 3.63) is 146 Å². The van der Waals surface area contributed by atoms with E-state index in [-0.39, 0.29) is 0 Å². The van der Waals surface area contributed by atoms with E-state index in [9.17, 15) is 0 Å². The number of rotatable bonds is 3. The molecule has 0 saturated heterocycles. The molecule has 4 heteroatoms. The molecule has 0 fully saturated rings. The van der Waals surface area contributed by atoms with Gasteiger partial charge in [0.25, 0.3) is 0 Å². The Morgan fingerprint density at radius 2 is 0.886 bits per heavy atom. The maximum atomic E-state index is 5.31. The van der Waals surface area contributed by atoms with Gasteiger partial charge in [-0.05, 0) is 79.5 Å². The van der Waals surface area contributed by atoms with Gasteiger partial charge in [-0.3, -0.25) is 0 Å². The third-order valence-corrected chi connectivity index (χ3v) is 8.54. The highest BCUT2D eigenvalue weighted by atomic mass is 14.9. The lowest BCUT2D eigenvalue weighted by atomic mass is 9.92. The van der Waals surface area contributed by atoms with Crippen LogP contribution in [0.5, 0.6) is 0 Å². The highest BCUT2D eigenvalue weighted by Crippen LogP contribution is 2.41. The van der Waals surface area contributed by atoms with Gasteiger partial charge in [-0.15, -0.1) is 0 Å². The normalized spacial score (nSPS) is 11.6. The minimum atomic E-state index is 0.664. The predicted octanol–water partition coefficient (Wildman–Crippen LogP) is 10.0. The Bertz CT molecular complexity index is 2320. The van der Waals surface area contributed by atoms with Gasteiger partial charge in [0.1, 0.15) is 6.33 Å². The van der Waals surface area contributed by atoms with Crippen molar-refractivity contribution in [2.24, 2.45) is 0 Å². The molecular formula is C40H24N4. The first kappa shape index (κ1) is 24.6. The molecule has 44 heavy (non-hydrogen) atoms. The predicted molar refractivity (Wildman–Crippen MR) is 181 cm³/mol. The molecule has 0 aliphatic heterocycles. The van der Waals surface area contributed by atoms with Gasteiger partial charge in [-0.25, -0.2) is 19.9 Å². The van der Waals surface area contributed by atoms with E-state index in [0.29, 0.717) is 5.82 Å². The molecule has 0 radical (unpaired) electrons. The van der Waals surface area contributed by atoms with E-state index in [0.717, 1.165) is 60.5 Å². The maximum absolute atomic E-state index is 5.31. The summed E-state index contributed by atoms with van der Waals surface area (Å²) in [6.07, 6.45) is 3.42. The molecule has 9 rings (SSSR count). The Kier molecular flexibility index (Phi) is 5.47. The zero-order valence-corrected chi connectivity index (χ0v) is 23.6. The van der Waals surface area contributed by atoms with Crippen LogP contribution in [-0.2, 0) is 0 Å². The zero-order chi connectivity index (χ0) is 29.0. The second-order valence-electron chi connectivity index (χ2n) is 11.1. The van der Waals surface area contributed by atoms with Gasteiger partial charge >= 0.3 is 0 Å². The van der Waals surface area contributed by atoms with Gasteiger partial charge in [-0.1, -0.05) is 97.1 Å². The molecule has 0 N–H and O–H groups in total. The molecule has 204 valence electrons. The number of hydrogen-bond donors (Lipinski definition) is 0. The lowest BCUT2D eigenvalue weighted by molar-refractivity contribution is 1.19. The van der Waals surface area contributed by atoms with Crippen molar-refractivity contribution in [2.75, 3.05) is 0 Å². The van der Waals surface area contributed by atoms with Gasteiger partial charge in [0, 0.05) is 28.3 Å². The summed E-state index contributed by atoms with van der Waals surface area (Å²) in [4.78, 5) is 19.3. The van der Waals surface area contributed by atoms with Crippen molar-refractivity contribution in [3.63, 3.8) is 0 Å². The van der Waals surface area contributed by atoms with Crippen molar-refractivity contribution >= 4 is 54.0 Å². The lowest BCUT2D eigenvalue weighted by Gasteiger charge is -2.16. The Balaban J connectivity index is 1.43. The van der Waals surface area contributed by atoms with Crippen LogP contribution in [0.4, 0.5) is 0 Å². The fourth-order valence-electron chi connectivity index (χ4n) is 6.54. The number of benzene rings is 7. The first-order valence-corrected chi connectivity index (χ1v) is 14.7. The van der Waals surface area contributed by atoms with Crippen LogP contribution in [0.15, 0.2) is 146 Å². The van der Waals surface area contributed by atoms with Crippen LogP contribution < -0.4 is 0 Å². The van der Waals surface area contributed by atoms with Crippen LogP contribution in [0.1, 0.15) is 0 Å². The molecule has 0 aliphatic rings. The Morgan fingerprint density at radius 3 is 1.39 bits per heavy atom. The first-order valence-electron chi connectivity index (χ1n) is 14.7. The van der Waals surface area contributed by atoms with Crippen molar-refractivity contribution < 1.29 is 0 Å². The van der Waals surface area contributed by atoms with Crippen molar-refractivity contribution in [1.82, 2.24) is 19.9 Å². The minimum absolute atomic E-state index is 0.664. The van der Waals surface area contributed by atoms with Gasteiger partial charge < -0.3 is 0 Å². The topological polar surface area (TPSA) is 51.6 Å². The van der Waals surface area contributed by atoms with Crippen LogP contribution in [-0.4, -0.2) is 19.9 Å². The monoisotopic (exact) mass is 560 g/mol.